The molecule has 1 unspecified atom stereocenters. The van der Waals surface area contributed by atoms with Gasteiger partial charge >= 0.3 is 0 Å². The van der Waals surface area contributed by atoms with Gasteiger partial charge in [0.25, 0.3) is 0 Å². The first-order chi connectivity index (χ1) is 10.1. The van der Waals surface area contributed by atoms with Crippen LogP contribution in [-0.4, -0.2) is 4.98 Å². The molecule has 21 heavy (non-hydrogen) atoms. The number of alkyl halides is 1. The third-order valence-corrected chi connectivity index (χ3v) is 5.49. The van der Waals surface area contributed by atoms with Crippen LogP contribution in [0.15, 0.2) is 59.1 Å². The van der Waals surface area contributed by atoms with Gasteiger partial charge in [0, 0.05) is 26.8 Å². The molecule has 4 heteroatoms. The van der Waals surface area contributed by atoms with Crippen LogP contribution in [0, 0.1) is 0 Å². The Labute approximate surface area is 145 Å². The Hall–Kier alpha value is -0.900. The number of benzene rings is 2. The van der Waals surface area contributed by atoms with E-state index in [-0.39, 0.29) is 4.83 Å². The van der Waals surface area contributed by atoms with Gasteiger partial charge in [0.05, 0.1) is 10.5 Å². The van der Waals surface area contributed by atoms with E-state index in [0.717, 1.165) is 38.1 Å². The number of halogens is 3. The Morgan fingerprint density at radius 3 is 2.67 bits per heavy atom. The molecule has 1 heterocycles. The molecule has 0 N–H and O–H groups in total. The lowest BCUT2D eigenvalue weighted by Gasteiger charge is -2.13. The molecule has 0 fully saturated rings. The van der Waals surface area contributed by atoms with Gasteiger partial charge in [0.1, 0.15) is 0 Å². The summed E-state index contributed by atoms with van der Waals surface area (Å²) in [4.78, 5) is 4.84. The van der Waals surface area contributed by atoms with E-state index in [1.165, 1.54) is 0 Å². The highest BCUT2D eigenvalue weighted by atomic mass is 79.9. The number of nitrogens with zero attached hydrogens (tertiary/aromatic N) is 1. The fourth-order valence-electron chi connectivity index (χ4n) is 2.28. The maximum atomic E-state index is 6.35. The fourth-order valence-corrected chi connectivity index (χ4v) is 3.76. The smallest absolute Gasteiger partial charge is 0.0705 e. The van der Waals surface area contributed by atoms with Crippen molar-refractivity contribution < 1.29 is 0 Å². The van der Waals surface area contributed by atoms with Gasteiger partial charge in [0.2, 0.25) is 0 Å². The highest BCUT2D eigenvalue weighted by Crippen LogP contribution is 2.36. The number of para-hydroxylation sites is 1. The van der Waals surface area contributed by atoms with E-state index >= 15 is 0 Å². The van der Waals surface area contributed by atoms with Gasteiger partial charge in [-0.1, -0.05) is 63.9 Å². The molecular weight excluding hydrogens is 413 g/mol. The summed E-state index contributed by atoms with van der Waals surface area (Å²) in [7, 11) is 0. The first kappa shape index (κ1) is 15.0. The Bertz CT molecular complexity index is 789. The quantitative estimate of drug-likeness (QED) is 0.447. The first-order valence-electron chi connectivity index (χ1n) is 6.58. The predicted molar refractivity (Wildman–Crippen MR) is 96.3 cm³/mol. The summed E-state index contributed by atoms with van der Waals surface area (Å²) in [6.45, 7) is 0. The van der Waals surface area contributed by atoms with Crippen LogP contribution in [0.5, 0.6) is 0 Å². The minimum absolute atomic E-state index is 0.135. The SMILES string of the molecule is Clc1c(Br)cccc1C(Br)Cc1ccc2ccccc2n1. The van der Waals surface area contributed by atoms with E-state index in [0.29, 0.717) is 0 Å². The van der Waals surface area contributed by atoms with E-state index < -0.39 is 0 Å². The summed E-state index contributed by atoms with van der Waals surface area (Å²) < 4.78 is 0.914. The van der Waals surface area contributed by atoms with E-state index in [9.17, 15) is 0 Å². The summed E-state index contributed by atoms with van der Waals surface area (Å²) in [5.74, 6) is 0. The van der Waals surface area contributed by atoms with Crippen LogP contribution in [0.4, 0.5) is 0 Å². The lowest BCUT2D eigenvalue weighted by Crippen LogP contribution is -1.99. The van der Waals surface area contributed by atoms with Crippen molar-refractivity contribution in [3.63, 3.8) is 0 Å². The highest BCUT2D eigenvalue weighted by Gasteiger charge is 2.14. The Morgan fingerprint density at radius 2 is 1.81 bits per heavy atom. The Kier molecular flexibility index (Phi) is 4.63. The monoisotopic (exact) mass is 423 g/mol. The molecule has 3 aromatic rings. The molecule has 0 amide bonds. The van der Waals surface area contributed by atoms with Crippen molar-refractivity contribution in [1.82, 2.24) is 4.98 Å². The van der Waals surface area contributed by atoms with Crippen molar-refractivity contribution in [1.29, 1.82) is 0 Å². The second-order valence-corrected chi connectivity index (χ2v) is 7.15. The molecule has 0 aliphatic heterocycles. The van der Waals surface area contributed by atoms with E-state index in [1.807, 2.05) is 36.4 Å². The Morgan fingerprint density at radius 1 is 1.00 bits per heavy atom. The molecule has 106 valence electrons. The van der Waals surface area contributed by atoms with Crippen molar-refractivity contribution >= 4 is 54.4 Å². The molecule has 0 aliphatic rings. The van der Waals surface area contributed by atoms with Crippen LogP contribution in [-0.2, 0) is 6.42 Å². The third kappa shape index (κ3) is 3.31. The van der Waals surface area contributed by atoms with Crippen molar-refractivity contribution in [2.24, 2.45) is 0 Å². The zero-order valence-corrected chi connectivity index (χ0v) is 15.0. The molecule has 0 saturated heterocycles. The predicted octanol–water partition coefficient (Wildman–Crippen LogP) is 6.33. The lowest BCUT2D eigenvalue weighted by molar-refractivity contribution is 0.912. The third-order valence-electron chi connectivity index (χ3n) is 3.36. The number of hydrogen-bond acceptors (Lipinski definition) is 1. The van der Waals surface area contributed by atoms with Crippen LogP contribution in [0.2, 0.25) is 5.02 Å². The average Bonchev–Trinajstić information content (AvgIpc) is 2.50. The summed E-state index contributed by atoms with van der Waals surface area (Å²) in [6.07, 6.45) is 0.793. The fraction of sp³-hybridized carbons (Fsp3) is 0.118. The molecular formula is C17H12Br2ClN. The van der Waals surface area contributed by atoms with E-state index in [4.69, 9.17) is 16.6 Å². The number of pyridine rings is 1. The van der Waals surface area contributed by atoms with Crippen molar-refractivity contribution in [2.45, 2.75) is 11.2 Å². The normalized spacial score (nSPS) is 12.5. The summed E-state index contributed by atoms with van der Waals surface area (Å²) in [5, 5.41) is 1.91. The van der Waals surface area contributed by atoms with Gasteiger partial charge in [0.15, 0.2) is 0 Å². The van der Waals surface area contributed by atoms with Crippen molar-refractivity contribution in [3.05, 3.63) is 75.4 Å². The Balaban J connectivity index is 1.89. The molecule has 1 atom stereocenters. The number of aromatic nitrogens is 1. The largest absolute Gasteiger partial charge is 0.253 e. The molecule has 0 saturated carbocycles. The van der Waals surface area contributed by atoms with Crippen LogP contribution >= 0.6 is 43.5 Å². The number of rotatable bonds is 3. The topological polar surface area (TPSA) is 12.9 Å². The zero-order chi connectivity index (χ0) is 14.8. The average molecular weight is 426 g/mol. The number of fused-ring (bicyclic) bond motifs is 1. The lowest BCUT2D eigenvalue weighted by atomic mass is 10.1. The summed E-state index contributed by atoms with van der Waals surface area (Å²) in [5.41, 5.74) is 3.14. The van der Waals surface area contributed by atoms with Crippen LogP contribution in [0.1, 0.15) is 16.1 Å². The molecule has 0 aliphatic carbocycles. The van der Waals surface area contributed by atoms with Gasteiger partial charge in [-0.15, -0.1) is 0 Å². The van der Waals surface area contributed by atoms with E-state index in [2.05, 4.69) is 50.1 Å². The molecule has 3 rings (SSSR count). The van der Waals surface area contributed by atoms with Crippen molar-refractivity contribution in [3.8, 4) is 0 Å². The van der Waals surface area contributed by atoms with Crippen LogP contribution in [0.3, 0.4) is 0 Å². The standard InChI is InChI=1S/C17H12Br2ClN/c18-14-6-3-5-13(17(14)20)15(19)10-12-9-8-11-4-1-2-7-16(11)21-12/h1-9,15H,10H2. The van der Waals surface area contributed by atoms with Gasteiger partial charge < -0.3 is 0 Å². The zero-order valence-electron chi connectivity index (χ0n) is 11.1. The second-order valence-electron chi connectivity index (χ2n) is 4.81. The molecule has 2 aromatic carbocycles. The minimum atomic E-state index is 0.135. The van der Waals surface area contributed by atoms with Crippen LogP contribution in [0.25, 0.3) is 10.9 Å². The highest BCUT2D eigenvalue weighted by molar-refractivity contribution is 9.10. The maximum Gasteiger partial charge on any atom is 0.0705 e. The van der Waals surface area contributed by atoms with Gasteiger partial charge in [-0.05, 0) is 39.7 Å². The molecule has 0 spiro atoms. The molecule has 1 nitrogen and oxygen atoms in total. The maximum absolute atomic E-state index is 6.35. The minimum Gasteiger partial charge on any atom is -0.253 e. The van der Waals surface area contributed by atoms with Gasteiger partial charge in [-0.3, -0.25) is 4.98 Å². The van der Waals surface area contributed by atoms with E-state index in [1.54, 1.807) is 0 Å². The summed E-state index contributed by atoms with van der Waals surface area (Å²) >= 11 is 13.5. The molecule has 1 aromatic heterocycles. The molecule has 0 radical (unpaired) electrons. The van der Waals surface area contributed by atoms with Gasteiger partial charge in [-0.2, -0.15) is 0 Å². The molecule has 0 bridgehead atoms. The van der Waals surface area contributed by atoms with Crippen molar-refractivity contribution in [2.75, 3.05) is 0 Å². The van der Waals surface area contributed by atoms with Gasteiger partial charge in [-0.25, -0.2) is 0 Å². The first-order valence-corrected chi connectivity index (χ1v) is 8.66. The summed E-state index contributed by atoms with van der Waals surface area (Å²) in [6, 6.07) is 18.3. The second kappa shape index (κ2) is 6.47. The number of hydrogen-bond donors (Lipinski definition) is 0. The van der Waals surface area contributed by atoms with Crippen LogP contribution < -0.4 is 0 Å².